The maximum absolute atomic E-state index is 11.1. The van der Waals surface area contributed by atoms with Gasteiger partial charge in [0.15, 0.2) is 5.75 Å². The highest BCUT2D eigenvalue weighted by Crippen LogP contribution is 2.39. The third-order valence-electron chi connectivity index (χ3n) is 2.96. The fourth-order valence-electron chi connectivity index (χ4n) is 2.01. The fourth-order valence-corrected chi connectivity index (χ4v) is 2.01. The first-order valence-electron chi connectivity index (χ1n) is 6.77. The Morgan fingerprint density at radius 2 is 2.09 bits per heavy atom. The van der Waals surface area contributed by atoms with Gasteiger partial charge < -0.3 is 9.84 Å². The van der Waals surface area contributed by atoms with Crippen molar-refractivity contribution >= 4 is 17.8 Å². The number of nitrogens with zero attached hydrogens (tertiary/aromatic N) is 2. The molecule has 0 aliphatic heterocycles. The number of hydrogen-bond donors (Lipinski definition) is 1. The summed E-state index contributed by atoms with van der Waals surface area (Å²) < 4.78 is 5.35. The van der Waals surface area contributed by atoms with E-state index in [9.17, 15) is 15.2 Å². The monoisotopic (exact) mass is 300 g/mol. The van der Waals surface area contributed by atoms with E-state index in [1.165, 1.54) is 6.07 Å². The Kier molecular flexibility index (Phi) is 4.73. The molecule has 1 aromatic carbocycles. The molecule has 0 saturated heterocycles. The Morgan fingerprint density at radius 3 is 2.73 bits per heavy atom. The minimum absolute atomic E-state index is 0.0522. The van der Waals surface area contributed by atoms with Crippen molar-refractivity contribution in [2.45, 2.75) is 13.8 Å². The van der Waals surface area contributed by atoms with Crippen molar-refractivity contribution in [1.29, 1.82) is 0 Å². The maximum Gasteiger partial charge on any atom is 0.352 e. The summed E-state index contributed by atoms with van der Waals surface area (Å²) in [4.78, 5) is 14.8. The quantitative estimate of drug-likeness (QED) is 0.674. The lowest BCUT2D eigenvalue weighted by Gasteiger charge is -2.08. The zero-order chi connectivity index (χ0) is 16.1. The molecule has 2 rings (SSSR count). The highest BCUT2D eigenvalue weighted by Gasteiger charge is 2.23. The van der Waals surface area contributed by atoms with Crippen molar-refractivity contribution in [2.24, 2.45) is 0 Å². The van der Waals surface area contributed by atoms with Gasteiger partial charge in [0.25, 0.3) is 0 Å². The number of nitro benzene ring substituents is 1. The number of rotatable bonds is 5. The number of benzene rings is 1. The maximum atomic E-state index is 11.1. The van der Waals surface area contributed by atoms with E-state index < -0.39 is 16.4 Å². The van der Waals surface area contributed by atoms with Gasteiger partial charge in [-0.05, 0) is 50.3 Å². The van der Waals surface area contributed by atoms with Crippen LogP contribution in [0.15, 0.2) is 30.3 Å². The minimum Gasteiger partial charge on any atom is -0.502 e. The summed E-state index contributed by atoms with van der Waals surface area (Å²) in [6.45, 7) is 3.87. The van der Waals surface area contributed by atoms with Crippen molar-refractivity contribution in [2.75, 3.05) is 6.61 Å². The summed E-state index contributed by atoms with van der Waals surface area (Å²) in [6.07, 6.45) is 3.42. The number of aryl methyl sites for hydroxylation is 1. The molecule has 22 heavy (non-hydrogen) atoms. The molecule has 0 fully saturated rings. The topological polar surface area (TPSA) is 85.5 Å². The molecule has 0 amide bonds. The van der Waals surface area contributed by atoms with Gasteiger partial charge in [-0.2, -0.15) is 0 Å². The summed E-state index contributed by atoms with van der Waals surface area (Å²) in [5.74, 6) is -0.365. The molecule has 0 unspecified atom stereocenters. The van der Waals surface area contributed by atoms with Gasteiger partial charge in [0.05, 0.1) is 17.2 Å². The summed E-state index contributed by atoms with van der Waals surface area (Å²) >= 11 is 0. The second-order valence-electron chi connectivity index (χ2n) is 4.58. The number of aromatic hydroxyl groups is 1. The summed E-state index contributed by atoms with van der Waals surface area (Å²) in [5.41, 5.74) is 1.69. The Hall–Kier alpha value is -2.89. The van der Waals surface area contributed by atoms with Crippen LogP contribution in [0, 0.1) is 17.0 Å². The van der Waals surface area contributed by atoms with Gasteiger partial charge in [-0.15, -0.1) is 0 Å². The molecule has 0 atom stereocenters. The van der Waals surface area contributed by atoms with Crippen LogP contribution in [0.2, 0.25) is 0 Å². The number of aromatic nitrogens is 1. The van der Waals surface area contributed by atoms with Crippen LogP contribution in [-0.4, -0.2) is 21.6 Å². The predicted molar refractivity (Wildman–Crippen MR) is 83.8 cm³/mol. The SMILES string of the molecule is CCOc1c(/C=C/c2cccc(C)n2)ccc(O)c1[N+](=O)[O-]. The number of phenols is 1. The first kappa shape index (κ1) is 15.5. The second kappa shape index (κ2) is 6.71. The molecule has 0 radical (unpaired) electrons. The number of hydrogen-bond acceptors (Lipinski definition) is 5. The third kappa shape index (κ3) is 3.41. The summed E-state index contributed by atoms with van der Waals surface area (Å²) in [7, 11) is 0. The van der Waals surface area contributed by atoms with Crippen molar-refractivity contribution in [3.63, 3.8) is 0 Å². The van der Waals surface area contributed by atoms with Gasteiger partial charge in [-0.25, -0.2) is 0 Å². The zero-order valence-corrected chi connectivity index (χ0v) is 12.3. The normalized spacial score (nSPS) is 10.8. The lowest BCUT2D eigenvalue weighted by Crippen LogP contribution is -2.00. The Labute approximate surface area is 127 Å². The molecule has 2 aromatic rings. The number of ether oxygens (including phenoxy) is 1. The molecular weight excluding hydrogens is 284 g/mol. The van der Waals surface area contributed by atoms with E-state index >= 15 is 0 Å². The minimum atomic E-state index is -0.650. The van der Waals surface area contributed by atoms with Crippen molar-refractivity contribution in [3.05, 3.63) is 57.4 Å². The number of pyridine rings is 1. The molecule has 0 bridgehead atoms. The lowest BCUT2D eigenvalue weighted by molar-refractivity contribution is -0.386. The Morgan fingerprint density at radius 1 is 1.32 bits per heavy atom. The summed E-state index contributed by atoms with van der Waals surface area (Å²) in [6, 6.07) is 8.45. The van der Waals surface area contributed by atoms with Crippen LogP contribution in [0.5, 0.6) is 11.5 Å². The predicted octanol–water partition coefficient (Wildman–Crippen LogP) is 3.57. The van der Waals surface area contributed by atoms with Crippen molar-refractivity contribution < 1.29 is 14.8 Å². The zero-order valence-electron chi connectivity index (χ0n) is 12.3. The lowest BCUT2D eigenvalue weighted by atomic mass is 10.1. The van der Waals surface area contributed by atoms with Gasteiger partial charge in [-0.3, -0.25) is 15.1 Å². The molecule has 6 heteroatoms. The van der Waals surface area contributed by atoms with Gasteiger partial charge in [0.1, 0.15) is 0 Å². The highest BCUT2D eigenvalue weighted by atomic mass is 16.6. The van der Waals surface area contributed by atoms with Gasteiger partial charge in [-0.1, -0.05) is 6.07 Å². The molecule has 0 aliphatic rings. The standard InChI is InChI=1S/C16H16N2O4/c1-3-22-16-12(8-10-14(19)15(16)18(20)21)7-9-13-6-4-5-11(2)17-13/h4-10,19H,3H2,1-2H3/b9-7+. The first-order valence-corrected chi connectivity index (χ1v) is 6.77. The van der Waals surface area contributed by atoms with Crippen LogP contribution in [0.3, 0.4) is 0 Å². The number of phenolic OH excluding ortho intramolecular Hbond substituents is 1. The molecule has 1 aromatic heterocycles. The molecule has 6 nitrogen and oxygen atoms in total. The van der Waals surface area contributed by atoms with E-state index in [1.807, 2.05) is 25.1 Å². The Balaban J connectivity index is 2.46. The number of nitro groups is 1. The van der Waals surface area contributed by atoms with Crippen LogP contribution < -0.4 is 4.74 Å². The largest absolute Gasteiger partial charge is 0.502 e. The van der Waals surface area contributed by atoms with E-state index in [0.29, 0.717) is 5.56 Å². The average molecular weight is 300 g/mol. The molecule has 1 heterocycles. The van der Waals surface area contributed by atoms with Crippen LogP contribution in [0.4, 0.5) is 5.69 Å². The molecule has 0 saturated carbocycles. The van der Waals surface area contributed by atoms with Crippen LogP contribution in [-0.2, 0) is 0 Å². The van der Waals surface area contributed by atoms with E-state index in [4.69, 9.17) is 4.74 Å². The van der Waals surface area contributed by atoms with Gasteiger partial charge >= 0.3 is 5.69 Å². The fraction of sp³-hybridized carbons (Fsp3) is 0.188. The van der Waals surface area contributed by atoms with Crippen LogP contribution in [0.1, 0.15) is 23.9 Å². The van der Waals surface area contributed by atoms with E-state index in [1.54, 1.807) is 25.1 Å². The highest BCUT2D eigenvalue weighted by molar-refractivity contribution is 5.76. The molecule has 1 N–H and O–H groups in total. The van der Waals surface area contributed by atoms with Crippen LogP contribution >= 0.6 is 0 Å². The van der Waals surface area contributed by atoms with Crippen LogP contribution in [0.25, 0.3) is 12.2 Å². The second-order valence-corrected chi connectivity index (χ2v) is 4.58. The van der Waals surface area contributed by atoms with Crippen molar-refractivity contribution in [3.8, 4) is 11.5 Å². The van der Waals surface area contributed by atoms with Gasteiger partial charge in [0, 0.05) is 11.3 Å². The molecule has 114 valence electrons. The summed E-state index contributed by atoms with van der Waals surface area (Å²) in [5, 5.41) is 20.8. The van der Waals surface area contributed by atoms with Gasteiger partial charge in [0.2, 0.25) is 5.75 Å². The van der Waals surface area contributed by atoms with E-state index in [2.05, 4.69) is 4.98 Å². The van der Waals surface area contributed by atoms with E-state index in [0.717, 1.165) is 11.4 Å². The Bertz CT molecular complexity index is 726. The molecular formula is C16H16N2O4. The van der Waals surface area contributed by atoms with Crippen molar-refractivity contribution in [1.82, 2.24) is 4.98 Å². The molecule has 0 spiro atoms. The van der Waals surface area contributed by atoms with E-state index in [-0.39, 0.29) is 12.4 Å². The molecule has 0 aliphatic carbocycles. The average Bonchev–Trinajstić information content (AvgIpc) is 2.46. The smallest absolute Gasteiger partial charge is 0.352 e. The third-order valence-corrected chi connectivity index (χ3v) is 2.96. The first-order chi connectivity index (χ1) is 10.5.